The summed E-state index contributed by atoms with van der Waals surface area (Å²) < 4.78 is 53.2. The van der Waals surface area contributed by atoms with Gasteiger partial charge < -0.3 is 5.73 Å². The minimum Gasteiger partial charge on any atom is -0.399 e. The summed E-state index contributed by atoms with van der Waals surface area (Å²) in [5, 5.41) is 0. The molecule has 0 radical (unpaired) electrons. The molecule has 0 saturated carbocycles. The lowest BCUT2D eigenvalue weighted by Gasteiger charge is -2.09. The van der Waals surface area contributed by atoms with Crippen molar-refractivity contribution in [3.8, 4) is 0 Å². The molecule has 2 rings (SSSR count). The highest BCUT2D eigenvalue weighted by Gasteiger charge is 2.25. The third-order valence-electron chi connectivity index (χ3n) is 2.44. The Bertz CT molecular complexity index is 723. The number of aryl methyl sites for hydroxylation is 1. The minimum absolute atomic E-state index is 0.0359. The molecule has 0 unspecified atom stereocenters. The molecule has 8 heteroatoms. The molecule has 0 saturated heterocycles. The van der Waals surface area contributed by atoms with Crippen LogP contribution in [0.25, 0.3) is 0 Å². The van der Waals surface area contributed by atoms with Crippen LogP contribution in [0.2, 0.25) is 0 Å². The molecule has 0 amide bonds. The largest absolute Gasteiger partial charge is 0.399 e. The van der Waals surface area contributed by atoms with Gasteiger partial charge >= 0.3 is 0 Å². The van der Waals surface area contributed by atoms with Crippen LogP contribution in [0.3, 0.4) is 0 Å². The topological polar surface area (TPSA) is 85.1 Å². The van der Waals surface area contributed by atoms with Gasteiger partial charge in [-0.25, -0.2) is 22.2 Å². The van der Waals surface area contributed by atoms with Crippen molar-refractivity contribution in [2.24, 2.45) is 0 Å². The number of sulfonamides is 1. The van der Waals surface area contributed by atoms with Gasteiger partial charge in [-0.3, -0.25) is 4.72 Å². The van der Waals surface area contributed by atoms with E-state index >= 15 is 0 Å². The second-order valence-electron chi connectivity index (χ2n) is 4.14. The SMILES string of the molecule is Cc1ccc(NS(=O)(=O)c2c(F)cc(N)cc2F)nc1. The highest BCUT2D eigenvalue weighted by Crippen LogP contribution is 2.23. The number of nitrogens with two attached hydrogens (primary N) is 1. The summed E-state index contributed by atoms with van der Waals surface area (Å²) in [6.45, 7) is 1.77. The first-order chi connectivity index (χ1) is 9.29. The Morgan fingerprint density at radius 3 is 2.30 bits per heavy atom. The maximum atomic E-state index is 13.6. The van der Waals surface area contributed by atoms with Crippen molar-refractivity contribution in [2.45, 2.75) is 11.8 Å². The van der Waals surface area contributed by atoms with Crippen molar-refractivity contribution in [3.05, 3.63) is 47.7 Å². The van der Waals surface area contributed by atoms with Crippen LogP contribution >= 0.6 is 0 Å². The fraction of sp³-hybridized carbons (Fsp3) is 0.0833. The zero-order valence-electron chi connectivity index (χ0n) is 10.4. The van der Waals surface area contributed by atoms with Crippen LogP contribution in [-0.2, 0) is 10.0 Å². The lowest BCUT2D eigenvalue weighted by atomic mass is 10.3. The first kappa shape index (κ1) is 14.2. The predicted octanol–water partition coefficient (Wildman–Crippen LogP) is 2.05. The molecule has 0 fully saturated rings. The molecule has 0 aliphatic heterocycles. The van der Waals surface area contributed by atoms with Crippen molar-refractivity contribution in [1.29, 1.82) is 0 Å². The number of pyridine rings is 1. The average Bonchev–Trinajstić information content (AvgIpc) is 2.30. The van der Waals surface area contributed by atoms with Crippen molar-refractivity contribution >= 4 is 21.5 Å². The highest BCUT2D eigenvalue weighted by molar-refractivity contribution is 7.92. The summed E-state index contributed by atoms with van der Waals surface area (Å²) >= 11 is 0. The molecule has 3 N–H and O–H groups in total. The molecule has 0 spiro atoms. The van der Waals surface area contributed by atoms with E-state index in [4.69, 9.17) is 5.73 Å². The molecule has 0 atom stereocenters. The second kappa shape index (κ2) is 5.04. The summed E-state index contributed by atoms with van der Waals surface area (Å²) in [7, 11) is -4.42. The van der Waals surface area contributed by atoms with Gasteiger partial charge in [0.25, 0.3) is 10.0 Å². The first-order valence-corrected chi connectivity index (χ1v) is 6.98. The number of halogens is 2. The van der Waals surface area contributed by atoms with E-state index in [1.165, 1.54) is 12.3 Å². The maximum absolute atomic E-state index is 13.6. The van der Waals surface area contributed by atoms with E-state index in [9.17, 15) is 17.2 Å². The van der Waals surface area contributed by atoms with Crippen LogP contribution in [0.1, 0.15) is 5.56 Å². The third-order valence-corrected chi connectivity index (χ3v) is 3.84. The molecule has 1 aromatic heterocycles. The maximum Gasteiger partial charge on any atom is 0.268 e. The fourth-order valence-corrected chi connectivity index (χ4v) is 2.68. The number of nitrogens with one attached hydrogen (secondary N) is 1. The zero-order valence-corrected chi connectivity index (χ0v) is 11.2. The zero-order chi connectivity index (χ0) is 14.9. The predicted molar refractivity (Wildman–Crippen MR) is 70.6 cm³/mol. The van der Waals surface area contributed by atoms with Gasteiger partial charge in [0.1, 0.15) is 17.5 Å². The van der Waals surface area contributed by atoms with Crippen molar-refractivity contribution in [3.63, 3.8) is 0 Å². The minimum atomic E-state index is -4.42. The number of rotatable bonds is 3. The monoisotopic (exact) mass is 299 g/mol. The number of benzene rings is 1. The van der Waals surface area contributed by atoms with E-state index in [1.807, 2.05) is 4.72 Å². The summed E-state index contributed by atoms with van der Waals surface area (Å²) in [4.78, 5) is 2.72. The molecular weight excluding hydrogens is 288 g/mol. The quantitative estimate of drug-likeness (QED) is 0.849. The lowest BCUT2D eigenvalue weighted by Crippen LogP contribution is -2.17. The fourth-order valence-electron chi connectivity index (χ4n) is 1.55. The van der Waals surface area contributed by atoms with Gasteiger partial charge in [0.05, 0.1) is 0 Å². The normalized spacial score (nSPS) is 11.3. The van der Waals surface area contributed by atoms with Crippen LogP contribution < -0.4 is 10.5 Å². The number of nitrogens with zero attached hydrogens (tertiary/aromatic N) is 1. The van der Waals surface area contributed by atoms with E-state index < -0.39 is 26.6 Å². The molecule has 0 aliphatic carbocycles. The summed E-state index contributed by atoms with van der Waals surface area (Å²) in [6.07, 6.45) is 1.42. The number of hydrogen-bond donors (Lipinski definition) is 2. The number of anilines is 2. The molecule has 1 aromatic carbocycles. The molecule has 5 nitrogen and oxygen atoms in total. The van der Waals surface area contributed by atoms with Crippen LogP contribution in [0, 0.1) is 18.6 Å². The molecular formula is C12H11F2N3O2S. The van der Waals surface area contributed by atoms with Gasteiger partial charge in [0.15, 0.2) is 4.90 Å². The van der Waals surface area contributed by atoms with Crippen molar-refractivity contribution in [2.75, 3.05) is 10.5 Å². The Kier molecular flexibility index (Phi) is 3.58. The van der Waals surface area contributed by atoms with E-state index in [0.29, 0.717) is 0 Å². The van der Waals surface area contributed by atoms with Crippen molar-refractivity contribution < 1.29 is 17.2 Å². The molecule has 0 aliphatic rings. The Balaban J connectivity index is 2.43. The van der Waals surface area contributed by atoms with Crippen LogP contribution in [0.15, 0.2) is 35.4 Å². The number of nitrogen functional groups attached to an aromatic ring is 1. The van der Waals surface area contributed by atoms with Gasteiger partial charge in [-0.05, 0) is 30.7 Å². The summed E-state index contributed by atoms with van der Waals surface area (Å²) in [5.74, 6) is -2.56. The van der Waals surface area contributed by atoms with E-state index in [1.54, 1.807) is 13.0 Å². The highest BCUT2D eigenvalue weighted by atomic mass is 32.2. The van der Waals surface area contributed by atoms with Gasteiger partial charge in [-0.1, -0.05) is 6.07 Å². The Morgan fingerprint density at radius 1 is 1.20 bits per heavy atom. The van der Waals surface area contributed by atoms with Crippen LogP contribution in [-0.4, -0.2) is 13.4 Å². The smallest absolute Gasteiger partial charge is 0.268 e. The molecule has 0 bridgehead atoms. The molecule has 1 heterocycles. The Labute approximate surface area is 114 Å². The average molecular weight is 299 g/mol. The van der Waals surface area contributed by atoms with E-state index in [-0.39, 0.29) is 11.5 Å². The second-order valence-corrected chi connectivity index (χ2v) is 5.76. The third kappa shape index (κ3) is 2.85. The Morgan fingerprint density at radius 2 is 1.80 bits per heavy atom. The standard InChI is InChI=1S/C12H11F2N3O2S/c1-7-2-3-11(16-6-7)17-20(18,19)12-9(13)4-8(15)5-10(12)14/h2-6H,15H2,1H3,(H,16,17). The van der Waals surface area contributed by atoms with Gasteiger partial charge in [0, 0.05) is 11.9 Å². The summed E-state index contributed by atoms with van der Waals surface area (Å²) in [5.41, 5.74) is 5.85. The van der Waals surface area contributed by atoms with Crippen molar-refractivity contribution in [1.82, 2.24) is 4.98 Å². The number of hydrogen-bond acceptors (Lipinski definition) is 4. The van der Waals surface area contributed by atoms with Crippen LogP contribution in [0.4, 0.5) is 20.3 Å². The van der Waals surface area contributed by atoms with Gasteiger partial charge in [-0.2, -0.15) is 0 Å². The van der Waals surface area contributed by atoms with E-state index in [0.717, 1.165) is 17.7 Å². The lowest BCUT2D eigenvalue weighted by molar-refractivity contribution is 0.522. The molecule has 2 aromatic rings. The van der Waals surface area contributed by atoms with Gasteiger partial charge in [0.2, 0.25) is 0 Å². The van der Waals surface area contributed by atoms with E-state index in [2.05, 4.69) is 4.98 Å². The van der Waals surface area contributed by atoms with Crippen LogP contribution in [0.5, 0.6) is 0 Å². The molecule has 20 heavy (non-hydrogen) atoms. The number of aromatic nitrogens is 1. The summed E-state index contributed by atoms with van der Waals surface area (Å²) in [6, 6.07) is 4.47. The Hall–Kier alpha value is -2.22. The first-order valence-electron chi connectivity index (χ1n) is 5.49. The van der Waals surface area contributed by atoms with Gasteiger partial charge in [-0.15, -0.1) is 0 Å². The molecule has 106 valence electrons.